The van der Waals surface area contributed by atoms with Crippen molar-refractivity contribution in [2.45, 2.75) is 45.1 Å². The van der Waals surface area contributed by atoms with Crippen LogP contribution in [0.2, 0.25) is 0 Å². The number of nitrogens with zero attached hydrogens (tertiary/aromatic N) is 2. The molecule has 104 valence electrons. The van der Waals surface area contributed by atoms with Crippen LogP contribution in [0.5, 0.6) is 0 Å². The lowest BCUT2D eigenvalue weighted by Gasteiger charge is -2.35. The van der Waals surface area contributed by atoms with Crippen LogP contribution < -0.4 is 4.90 Å². The Bertz CT molecular complexity index is 440. The van der Waals surface area contributed by atoms with E-state index in [4.69, 9.17) is 5.11 Å². The Balaban J connectivity index is 2.05. The molecule has 1 aliphatic carbocycles. The molecule has 1 aromatic heterocycles. The average molecular weight is 262 g/mol. The summed E-state index contributed by atoms with van der Waals surface area (Å²) in [6.07, 6.45) is 7.73. The Kier molecular flexibility index (Phi) is 4.40. The van der Waals surface area contributed by atoms with Gasteiger partial charge in [0.2, 0.25) is 0 Å². The Morgan fingerprint density at radius 2 is 2.11 bits per heavy atom. The van der Waals surface area contributed by atoms with Gasteiger partial charge in [-0.05, 0) is 43.7 Å². The van der Waals surface area contributed by atoms with Gasteiger partial charge in [-0.1, -0.05) is 13.3 Å². The lowest BCUT2D eigenvalue weighted by molar-refractivity contribution is 0.0697. The van der Waals surface area contributed by atoms with Crippen molar-refractivity contribution in [3.05, 3.63) is 23.9 Å². The lowest BCUT2D eigenvalue weighted by Crippen LogP contribution is -2.35. The fraction of sp³-hybridized carbons (Fsp3) is 0.600. The normalized spacial score (nSPS) is 23.1. The van der Waals surface area contributed by atoms with Gasteiger partial charge in [0.05, 0.1) is 5.56 Å². The van der Waals surface area contributed by atoms with E-state index in [9.17, 15) is 4.79 Å². The predicted molar refractivity (Wildman–Crippen MR) is 75.6 cm³/mol. The van der Waals surface area contributed by atoms with Crippen LogP contribution in [0, 0.1) is 5.92 Å². The summed E-state index contributed by atoms with van der Waals surface area (Å²) in [7, 11) is 2.02. The molecule has 1 heterocycles. The monoisotopic (exact) mass is 262 g/mol. The maximum Gasteiger partial charge on any atom is 0.335 e. The maximum absolute atomic E-state index is 11.0. The first kappa shape index (κ1) is 13.8. The fourth-order valence-corrected chi connectivity index (χ4v) is 2.87. The molecule has 1 saturated carbocycles. The summed E-state index contributed by atoms with van der Waals surface area (Å²) in [6, 6.07) is 3.68. The highest BCUT2D eigenvalue weighted by atomic mass is 16.4. The molecule has 1 aromatic rings. The third kappa shape index (κ3) is 3.25. The van der Waals surface area contributed by atoms with Gasteiger partial charge in [-0.2, -0.15) is 0 Å². The molecule has 4 heteroatoms. The zero-order valence-electron chi connectivity index (χ0n) is 11.7. The van der Waals surface area contributed by atoms with E-state index in [0.717, 1.165) is 11.7 Å². The van der Waals surface area contributed by atoms with Gasteiger partial charge in [0, 0.05) is 19.3 Å². The van der Waals surface area contributed by atoms with E-state index in [0.29, 0.717) is 11.6 Å². The topological polar surface area (TPSA) is 53.4 Å². The second-order valence-corrected chi connectivity index (χ2v) is 5.40. The summed E-state index contributed by atoms with van der Waals surface area (Å²) in [5.74, 6) is 0.731. The molecule has 0 amide bonds. The third-order valence-electron chi connectivity index (χ3n) is 4.30. The molecule has 19 heavy (non-hydrogen) atoms. The molecule has 0 radical (unpaired) electrons. The Morgan fingerprint density at radius 3 is 2.68 bits per heavy atom. The number of pyridine rings is 1. The van der Waals surface area contributed by atoms with Crippen LogP contribution in [0.1, 0.15) is 49.4 Å². The van der Waals surface area contributed by atoms with E-state index in [1.165, 1.54) is 38.2 Å². The van der Waals surface area contributed by atoms with Gasteiger partial charge in [-0.25, -0.2) is 9.78 Å². The van der Waals surface area contributed by atoms with Crippen molar-refractivity contribution in [3.63, 3.8) is 0 Å². The molecule has 0 unspecified atom stereocenters. The molecule has 0 bridgehead atoms. The van der Waals surface area contributed by atoms with Crippen molar-refractivity contribution in [1.82, 2.24) is 4.98 Å². The van der Waals surface area contributed by atoms with Crippen molar-refractivity contribution < 1.29 is 9.90 Å². The second kappa shape index (κ2) is 6.04. The first-order valence-corrected chi connectivity index (χ1v) is 7.04. The highest BCUT2D eigenvalue weighted by Gasteiger charge is 2.24. The van der Waals surface area contributed by atoms with Crippen molar-refractivity contribution in [1.29, 1.82) is 0 Å². The molecule has 1 fully saturated rings. The summed E-state index contributed by atoms with van der Waals surface area (Å²) in [5, 5.41) is 9.02. The lowest BCUT2D eigenvalue weighted by atomic mass is 9.84. The van der Waals surface area contributed by atoms with E-state index in [-0.39, 0.29) is 0 Å². The van der Waals surface area contributed by atoms with Crippen LogP contribution in [0.15, 0.2) is 18.3 Å². The Labute approximate surface area is 114 Å². The molecular weight excluding hydrogens is 240 g/mol. The third-order valence-corrected chi connectivity index (χ3v) is 4.30. The first-order chi connectivity index (χ1) is 9.11. The summed E-state index contributed by atoms with van der Waals surface area (Å²) >= 11 is 0. The molecule has 2 rings (SSSR count). The average Bonchev–Trinajstić information content (AvgIpc) is 2.46. The quantitative estimate of drug-likeness (QED) is 0.905. The minimum atomic E-state index is -0.897. The van der Waals surface area contributed by atoms with E-state index >= 15 is 0 Å². The highest BCUT2D eigenvalue weighted by molar-refractivity contribution is 5.88. The van der Waals surface area contributed by atoms with Gasteiger partial charge < -0.3 is 10.0 Å². The van der Waals surface area contributed by atoms with Gasteiger partial charge in [0.1, 0.15) is 5.82 Å². The van der Waals surface area contributed by atoms with Gasteiger partial charge in [-0.3, -0.25) is 0 Å². The van der Waals surface area contributed by atoms with Crippen molar-refractivity contribution in [3.8, 4) is 0 Å². The van der Waals surface area contributed by atoms with Crippen molar-refractivity contribution in [2.75, 3.05) is 11.9 Å². The number of carboxylic acid groups (broad SMARTS) is 1. The molecule has 0 atom stereocenters. The molecule has 4 nitrogen and oxygen atoms in total. The molecule has 0 spiro atoms. The first-order valence-electron chi connectivity index (χ1n) is 7.04. The summed E-state index contributed by atoms with van der Waals surface area (Å²) in [6.45, 7) is 2.26. The maximum atomic E-state index is 11.0. The van der Waals surface area contributed by atoms with E-state index in [2.05, 4.69) is 16.8 Å². The van der Waals surface area contributed by atoms with Gasteiger partial charge >= 0.3 is 5.97 Å². The Hall–Kier alpha value is -1.58. The molecule has 0 aromatic carbocycles. The fourth-order valence-electron chi connectivity index (χ4n) is 2.87. The highest BCUT2D eigenvalue weighted by Crippen LogP contribution is 2.30. The molecule has 1 N–H and O–H groups in total. The Morgan fingerprint density at radius 1 is 1.42 bits per heavy atom. The van der Waals surface area contributed by atoms with Gasteiger partial charge in [0.25, 0.3) is 0 Å². The van der Waals surface area contributed by atoms with Crippen molar-refractivity contribution in [2.24, 2.45) is 5.92 Å². The summed E-state index contributed by atoms with van der Waals surface area (Å²) < 4.78 is 0. The number of aromatic nitrogens is 1. The van der Waals surface area contributed by atoms with Gasteiger partial charge in [0.15, 0.2) is 0 Å². The smallest absolute Gasteiger partial charge is 0.335 e. The summed E-state index contributed by atoms with van der Waals surface area (Å²) in [5.41, 5.74) is 0.305. The number of rotatable bonds is 4. The van der Waals surface area contributed by atoms with Crippen LogP contribution in [0.25, 0.3) is 0 Å². The summed E-state index contributed by atoms with van der Waals surface area (Å²) in [4.78, 5) is 17.4. The molecule has 0 aliphatic heterocycles. The standard InChI is InChI=1S/C15H22N2O2/c1-3-11-4-6-13(7-5-11)17(2)14-10-12(15(18)19)8-9-16-14/h8-11,13H,3-7H2,1-2H3,(H,18,19). The van der Waals surface area contributed by atoms with Crippen LogP contribution in [0.3, 0.4) is 0 Å². The number of carbonyl (C=O) groups is 1. The van der Waals surface area contributed by atoms with Crippen LogP contribution in [-0.2, 0) is 0 Å². The zero-order chi connectivity index (χ0) is 13.8. The number of hydrogen-bond acceptors (Lipinski definition) is 3. The van der Waals surface area contributed by atoms with Crippen molar-refractivity contribution >= 4 is 11.8 Å². The molecule has 0 saturated heterocycles. The number of hydrogen-bond donors (Lipinski definition) is 1. The second-order valence-electron chi connectivity index (χ2n) is 5.40. The number of aromatic carboxylic acids is 1. The van der Waals surface area contributed by atoms with E-state index in [1.54, 1.807) is 12.3 Å². The SMILES string of the molecule is CCC1CCC(N(C)c2cc(C(=O)O)ccn2)CC1. The number of anilines is 1. The number of carboxylic acids is 1. The van der Waals surface area contributed by atoms with E-state index in [1.807, 2.05) is 7.05 Å². The van der Waals surface area contributed by atoms with E-state index < -0.39 is 5.97 Å². The minimum Gasteiger partial charge on any atom is -0.478 e. The molecular formula is C15H22N2O2. The van der Waals surface area contributed by atoms with Crippen LogP contribution in [0.4, 0.5) is 5.82 Å². The largest absolute Gasteiger partial charge is 0.478 e. The predicted octanol–water partition coefficient (Wildman–Crippen LogP) is 3.18. The molecule has 1 aliphatic rings. The van der Waals surface area contributed by atoms with Gasteiger partial charge in [-0.15, -0.1) is 0 Å². The van der Waals surface area contributed by atoms with Crippen LogP contribution in [-0.4, -0.2) is 29.1 Å². The van der Waals surface area contributed by atoms with Crippen LogP contribution >= 0.6 is 0 Å². The minimum absolute atomic E-state index is 0.305. The zero-order valence-corrected chi connectivity index (χ0v) is 11.7.